The topological polar surface area (TPSA) is 152 Å². The van der Waals surface area contributed by atoms with Gasteiger partial charge in [-0.25, -0.2) is 4.98 Å². The molecule has 0 aliphatic rings. The highest BCUT2D eigenvalue weighted by Crippen LogP contribution is 2.41. The van der Waals surface area contributed by atoms with Gasteiger partial charge in [0.05, 0.1) is 28.3 Å². The van der Waals surface area contributed by atoms with Crippen molar-refractivity contribution >= 4 is 34.4 Å². The van der Waals surface area contributed by atoms with E-state index >= 15 is 0 Å². The first-order chi connectivity index (χ1) is 17.5. The first-order valence-corrected chi connectivity index (χ1v) is 11.0. The second-order valence-electron chi connectivity index (χ2n) is 7.81. The van der Waals surface area contributed by atoms with Gasteiger partial charge in [-0.2, -0.15) is 18.4 Å². The summed E-state index contributed by atoms with van der Waals surface area (Å²) in [5.41, 5.74) is 3.91. The van der Waals surface area contributed by atoms with E-state index in [9.17, 15) is 28.5 Å². The van der Waals surface area contributed by atoms with Crippen molar-refractivity contribution in [1.82, 2.24) is 4.98 Å². The SMILES string of the molecule is CCCCOc1ccc(Nc2nc(N)c(C#N)c(C)c2N=Nc2ccc([N+](=O)[O-])cc2C(F)(F)F)cc1. The van der Waals surface area contributed by atoms with Crippen LogP contribution in [0.3, 0.4) is 0 Å². The van der Waals surface area contributed by atoms with Crippen molar-refractivity contribution in [2.45, 2.75) is 32.9 Å². The van der Waals surface area contributed by atoms with Gasteiger partial charge in [0.1, 0.15) is 23.3 Å². The summed E-state index contributed by atoms with van der Waals surface area (Å²) < 4.78 is 46.3. The van der Waals surface area contributed by atoms with Gasteiger partial charge >= 0.3 is 6.18 Å². The molecule has 0 radical (unpaired) electrons. The Morgan fingerprint density at radius 3 is 2.51 bits per heavy atom. The molecule has 0 aliphatic carbocycles. The lowest BCUT2D eigenvalue weighted by molar-refractivity contribution is -0.385. The molecule has 2 aromatic carbocycles. The summed E-state index contributed by atoms with van der Waals surface area (Å²) >= 11 is 0. The highest BCUT2D eigenvalue weighted by atomic mass is 19.4. The van der Waals surface area contributed by atoms with Gasteiger partial charge < -0.3 is 15.8 Å². The maximum atomic E-state index is 13.5. The van der Waals surface area contributed by atoms with Crippen LogP contribution in [0.5, 0.6) is 5.75 Å². The van der Waals surface area contributed by atoms with E-state index in [1.165, 1.54) is 6.92 Å². The molecule has 0 aliphatic heterocycles. The van der Waals surface area contributed by atoms with Crippen LogP contribution >= 0.6 is 0 Å². The number of benzene rings is 2. The molecule has 3 rings (SSSR count). The van der Waals surface area contributed by atoms with Crippen molar-refractivity contribution < 1.29 is 22.8 Å². The number of alkyl halides is 3. The fourth-order valence-corrected chi connectivity index (χ4v) is 3.23. The number of rotatable bonds is 9. The van der Waals surface area contributed by atoms with Crippen LogP contribution in [0.15, 0.2) is 52.7 Å². The minimum absolute atomic E-state index is 0.0149. The number of ether oxygens (including phenoxy) is 1. The third-order valence-electron chi connectivity index (χ3n) is 5.19. The van der Waals surface area contributed by atoms with Crippen LogP contribution in [0.1, 0.15) is 36.5 Å². The van der Waals surface area contributed by atoms with Crippen LogP contribution in [0.2, 0.25) is 0 Å². The number of nitrogen functional groups attached to an aromatic ring is 1. The minimum Gasteiger partial charge on any atom is -0.494 e. The fourth-order valence-electron chi connectivity index (χ4n) is 3.23. The third kappa shape index (κ3) is 6.49. The molecule has 3 aromatic rings. The number of nitro benzene ring substituents is 1. The van der Waals surface area contributed by atoms with Crippen LogP contribution in [-0.4, -0.2) is 16.5 Å². The van der Waals surface area contributed by atoms with Crippen molar-refractivity contribution in [3.05, 3.63) is 69.3 Å². The number of aromatic nitrogens is 1. The molecule has 0 atom stereocenters. The number of nitrogens with two attached hydrogens (primary N) is 1. The summed E-state index contributed by atoms with van der Waals surface area (Å²) in [4.78, 5) is 14.2. The number of anilines is 3. The quantitative estimate of drug-likeness (QED) is 0.134. The number of nitriles is 1. The van der Waals surface area contributed by atoms with Gasteiger partial charge in [-0.05, 0) is 43.7 Å². The van der Waals surface area contributed by atoms with Crippen LogP contribution in [0.25, 0.3) is 0 Å². The molecular weight excluding hydrogens is 491 g/mol. The van der Waals surface area contributed by atoms with Gasteiger partial charge in [-0.3, -0.25) is 10.1 Å². The Morgan fingerprint density at radius 1 is 1.22 bits per heavy atom. The molecule has 0 amide bonds. The van der Waals surface area contributed by atoms with Crippen LogP contribution in [0, 0.1) is 28.4 Å². The molecule has 0 bridgehead atoms. The molecule has 1 aromatic heterocycles. The Morgan fingerprint density at radius 2 is 1.92 bits per heavy atom. The summed E-state index contributed by atoms with van der Waals surface area (Å²) in [6.45, 7) is 4.12. The van der Waals surface area contributed by atoms with Crippen LogP contribution < -0.4 is 15.8 Å². The monoisotopic (exact) mass is 513 g/mol. The standard InChI is InChI=1S/C24H22F3N7O3/c1-3-4-11-37-17-8-5-15(6-9-17)30-23-21(14(2)18(13-28)22(29)31-23)33-32-20-10-7-16(34(35)36)12-19(20)24(25,26)27/h5-10,12H,3-4,11H2,1-2H3,(H3,29,30,31). The molecule has 37 heavy (non-hydrogen) atoms. The number of non-ortho nitro benzene ring substituents is 1. The average Bonchev–Trinajstić information content (AvgIpc) is 2.84. The van der Waals surface area contributed by atoms with Crippen LogP contribution in [-0.2, 0) is 6.18 Å². The maximum Gasteiger partial charge on any atom is 0.418 e. The van der Waals surface area contributed by atoms with E-state index in [4.69, 9.17) is 10.5 Å². The largest absolute Gasteiger partial charge is 0.494 e. The lowest BCUT2D eigenvalue weighted by Crippen LogP contribution is -2.06. The van der Waals surface area contributed by atoms with Crippen molar-refractivity contribution in [3.63, 3.8) is 0 Å². The second-order valence-corrected chi connectivity index (χ2v) is 7.81. The first kappa shape index (κ1) is 26.9. The fraction of sp³-hybridized carbons (Fsp3) is 0.250. The summed E-state index contributed by atoms with van der Waals surface area (Å²) in [6.07, 6.45) is -3.02. The van der Waals surface area contributed by atoms with Crippen molar-refractivity contribution in [3.8, 4) is 11.8 Å². The van der Waals surface area contributed by atoms with Gasteiger partial charge in [-0.1, -0.05) is 13.3 Å². The molecule has 1 heterocycles. The zero-order valence-electron chi connectivity index (χ0n) is 19.8. The van der Waals surface area contributed by atoms with Gasteiger partial charge in [0.2, 0.25) is 0 Å². The van der Waals surface area contributed by atoms with E-state index in [-0.39, 0.29) is 28.5 Å². The Kier molecular flexibility index (Phi) is 8.23. The smallest absolute Gasteiger partial charge is 0.418 e. The number of pyridine rings is 1. The molecule has 13 heteroatoms. The van der Waals surface area contributed by atoms with Crippen LogP contribution in [0.4, 0.5) is 47.6 Å². The number of hydrogen-bond donors (Lipinski definition) is 2. The van der Waals surface area contributed by atoms with E-state index < -0.39 is 28.0 Å². The molecule has 3 N–H and O–H groups in total. The summed E-state index contributed by atoms with van der Waals surface area (Å²) in [7, 11) is 0. The predicted molar refractivity (Wildman–Crippen MR) is 131 cm³/mol. The van der Waals surface area contributed by atoms with Gasteiger partial charge in [-0.15, -0.1) is 10.2 Å². The molecule has 192 valence electrons. The number of azo groups is 1. The number of hydrogen-bond acceptors (Lipinski definition) is 9. The number of halogens is 3. The number of unbranched alkanes of at least 4 members (excludes halogenated alkanes) is 1. The zero-order valence-corrected chi connectivity index (χ0v) is 19.8. The lowest BCUT2D eigenvalue weighted by Gasteiger charge is -2.14. The summed E-state index contributed by atoms with van der Waals surface area (Å²) in [6, 6.07) is 10.9. The Bertz CT molecular complexity index is 1370. The van der Waals surface area contributed by atoms with E-state index in [1.807, 2.05) is 6.07 Å². The highest BCUT2D eigenvalue weighted by molar-refractivity contribution is 5.77. The Balaban J connectivity index is 2.02. The minimum atomic E-state index is -4.92. The summed E-state index contributed by atoms with van der Waals surface area (Å²) in [5.74, 6) is 0.598. The van der Waals surface area contributed by atoms with Crippen molar-refractivity contribution in [2.24, 2.45) is 10.2 Å². The average molecular weight is 513 g/mol. The number of nitro groups is 1. The summed E-state index contributed by atoms with van der Waals surface area (Å²) in [5, 5.41) is 31.0. The van der Waals surface area contributed by atoms with Gasteiger partial charge in [0, 0.05) is 23.4 Å². The second kappa shape index (κ2) is 11.3. The van der Waals surface area contributed by atoms with E-state index in [1.54, 1.807) is 24.3 Å². The van der Waals surface area contributed by atoms with Gasteiger partial charge in [0.25, 0.3) is 5.69 Å². The maximum absolute atomic E-state index is 13.5. The molecule has 0 spiro atoms. The molecule has 0 unspecified atom stereocenters. The number of nitrogens with zero attached hydrogens (tertiary/aromatic N) is 5. The molecule has 0 saturated heterocycles. The van der Waals surface area contributed by atoms with E-state index in [2.05, 4.69) is 27.5 Å². The van der Waals surface area contributed by atoms with E-state index in [0.29, 0.717) is 24.1 Å². The first-order valence-electron chi connectivity index (χ1n) is 11.0. The normalized spacial score (nSPS) is 11.4. The van der Waals surface area contributed by atoms with E-state index in [0.717, 1.165) is 25.0 Å². The van der Waals surface area contributed by atoms with Gasteiger partial charge in [0.15, 0.2) is 5.82 Å². The third-order valence-corrected chi connectivity index (χ3v) is 5.19. The molecule has 0 fully saturated rings. The highest BCUT2D eigenvalue weighted by Gasteiger charge is 2.35. The predicted octanol–water partition coefficient (Wildman–Crippen LogP) is 7.11. The Labute approximate surface area is 209 Å². The Hall–Kier alpha value is -4.73. The van der Waals surface area contributed by atoms with Crippen molar-refractivity contribution in [2.75, 3.05) is 17.7 Å². The molecule has 0 saturated carbocycles. The molecule has 10 nitrogen and oxygen atoms in total. The zero-order chi connectivity index (χ0) is 27.2. The number of nitrogens with one attached hydrogen (secondary N) is 1. The lowest BCUT2D eigenvalue weighted by atomic mass is 10.1. The van der Waals surface area contributed by atoms with Crippen molar-refractivity contribution in [1.29, 1.82) is 5.26 Å². The molecular formula is C24H22F3N7O3.